The van der Waals surface area contributed by atoms with Crippen LogP contribution in [0.2, 0.25) is 0 Å². The van der Waals surface area contributed by atoms with E-state index in [2.05, 4.69) is 4.74 Å². The van der Waals surface area contributed by atoms with Crippen LogP contribution >= 0.6 is 0 Å². The highest BCUT2D eigenvalue weighted by molar-refractivity contribution is 5.92. The molecule has 0 aliphatic heterocycles. The molecular weight excluding hydrogens is 275 g/mol. The third kappa shape index (κ3) is 4.92. The monoisotopic (exact) mass is 298 g/mol. The summed E-state index contributed by atoms with van der Waals surface area (Å²) in [5.74, 6) is 0.847. The van der Waals surface area contributed by atoms with Crippen molar-refractivity contribution in [2.45, 2.75) is 45.4 Å². The number of carbonyl (C=O) groups is 1. The average Bonchev–Trinajstić information content (AvgIpc) is 2.69. The fraction of sp³-hybridized carbons (Fsp3) is 0.562. The number of hydrogen-bond acceptors (Lipinski definition) is 4. The molecule has 0 amide bonds. The number of hydrogen-bond donors (Lipinski definition) is 0. The van der Waals surface area contributed by atoms with Crippen molar-refractivity contribution in [3.8, 4) is 0 Å². The molecule has 21 heavy (non-hydrogen) atoms. The number of ether oxygens (including phenoxy) is 3. The standard InChI is InChI=1S/C14H17FO4.C2H6/c1-17-12-5-9(14(16)18-2)3-4-11(8-12)19-13-6-10(15)7-13;1-2/h3-5,10,13H,6-8H2,1-2H3;1-2H3. The molecule has 0 spiro atoms. The lowest BCUT2D eigenvalue weighted by molar-refractivity contribution is -0.135. The summed E-state index contributed by atoms with van der Waals surface area (Å²) >= 11 is 0. The zero-order valence-electron chi connectivity index (χ0n) is 13.0. The number of methoxy groups -OCH3 is 2. The maximum absolute atomic E-state index is 12.7. The predicted octanol–water partition coefficient (Wildman–Crippen LogP) is 3.45. The summed E-state index contributed by atoms with van der Waals surface area (Å²) in [5, 5.41) is 0. The van der Waals surface area contributed by atoms with Gasteiger partial charge in [-0.25, -0.2) is 9.18 Å². The van der Waals surface area contributed by atoms with Crippen LogP contribution in [-0.4, -0.2) is 32.5 Å². The van der Waals surface area contributed by atoms with Crippen LogP contribution in [0.4, 0.5) is 4.39 Å². The van der Waals surface area contributed by atoms with E-state index in [-0.39, 0.29) is 6.10 Å². The lowest BCUT2D eigenvalue weighted by Gasteiger charge is -2.31. The molecular formula is C16H23FO4. The van der Waals surface area contributed by atoms with E-state index in [9.17, 15) is 9.18 Å². The predicted molar refractivity (Wildman–Crippen MR) is 78.2 cm³/mol. The number of rotatable bonds is 4. The minimum atomic E-state index is -0.755. The minimum absolute atomic E-state index is 0.0765. The first-order valence-corrected chi connectivity index (χ1v) is 7.17. The van der Waals surface area contributed by atoms with Crippen LogP contribution in [0.5, 0.6) is 0 Å². The van der Waals surface area contributed by atoms with E-state index in [0.717, 1.165) is 0 Å². The minimum Gasteiger partial charge on any atom is -0.501 e. The molecule has 0 unspecified atom stereocenters. The van der Waals surface area contributed by atoms with Gasteiger partial charge in [0.05, 0.1) is 26.2 Å². The highest BCUT2D eigenvalue weighted by atomic mass is 19.1. The van der Waals surface area contributed by atoms with Crippen molar-refractivity contribution in [3.05, 3.63) is 35.3 Å². The van der Waals surface area contributed by atoms with E-state index in [1.807, 2.05) is 13.8 Å². The Morgan fingerprint density at radius 2 is 1.86 bits per heavy atom. The topological polar surface area (TPSA) is 44.8 Å². The molecule has 0 heterocycles. The van der Waals surface area contributed by atoms with E-state index in [1.54, 1.807) is 18.2 Å². The molecule has 0 aromatic rings. The van der Waals surface area contributed by atoms with Crippen molar-refractivity contribution < 1.29 is 23.4 Å². The lowest BCUT2D eigenvalue weighted by Crippen LogP contribution is -2.32. The molecule has 4 nitrogen and oxygen atoms in total. The lowest BCUT2D eigenvalue weighted by atomic mass is 9.93. The number of allylic oxidation sites excluding steroid dienone is 2. The summed E-state index contributed by atoms with van der Waals surface area (Å²) in [5.41, 5.74) is 0.398. The summed E-state index contributed by atoms with van der Waals surface area (Å²) in [4.78, 5) is 11.5. The highest BCUT2D eigenvalue weighted by Gasteiger charge is 2.31. The van der Waals surface area contributed by atoms with E-state index >= 15 is 0 Å². The molecule has 5 heteroatoms. The Kier molecular flexibility index (Phi) is 6.99. The van der Waals surface area contributed by atoms with E-state index in [4.69, 9.17) is 9.47 Å². The molecule has 0 N–H and O–H groups in total. The Bertz CT molecular complexity index is 445. The second-order valence-corrected chi connectivity index (χ2v) is 4.55. The van der Waals surface area contributed by atoms with Crippen LogP contribution in [-0.2, 0) is 19.0 Å². The largest absolute Gasteiger partial charge is 0.501 e. The first-order chi connectivity index (χ1) is 10.1. The Labute approximate surface area is 125 Å². The first kappa shape index (κ1) is 17.3. The van der Waals surface area contributed by atoms with Gasteiger partial charge in [0, 0.05) is 12.8 Å². The second kappa shape index (κ2) is 8.49. The van der Waals surface area contributed by atoms with Gasteiger partial charge >= 0.3 is 5.97 Å². The Morgan fingerprint density at radius 3 is 2.38 bits per heavy atom. The van der Waals surface area contributed by atoms with Crippen molar-refractivity contribution in [1.82, 2.24) is 0 Å². The smallest absolute Gasteiger partial charge is 0.337 e. The van der Waals surface area contributed by atoms with Crippen molar-refractivity contribution >= 4 is 5.97 Å². The summed E-state index contributed by atoms with van der Waals surface area (Å²) in [6, 6.07) is 0. The van der Waals surface area contributed by atoms with Gasteiger partial charge in [0.2, 0.25) is 0 Å². The number of carbonyl (C=O) groups excluding carboxylic acids is 1. The van der Waals surface area contributed by atoms with Gasteiger partial charge in [-0.1, -0.05) is 13.8 Å². The van der Waals surface area contributed by atoms with E-state index in [1.165, 1.54) is 14.2 Å². The third-order valence-electron chi connectivity index (χ3n) is 3.15. The SMILES string of the molecule is CC.COC(=O)C1=CC=C(OC2CC(F)C2)CC(OC)=C1. The normalized spacial score (nSPS) is 24.0. The quantitative estimate of drug-likeness (QED) is 0.746. The molecule has 2 rings (SSSR count). The summed E-state index contributed by atoms with van der Waals surface area (Å²) < 4.78 is 28.3. The Balaban J connectivity index is 0.00000106. The fourth-order valence-electron chi connectivity index (χ4n) is 1.95. The number of halogens is 1. The van der Waals surface area contributed by atoms with Gasteiger partial charge in [0.1, 0.15) is 23.8 Å². The molecule has 0 saturated heterocycles. The first-order valence-electron chi connectivity index (χ1n) is 7.17. The number of esters is 1. The molecule has 0 atom stereocenters. The van der Waals surface area contributed by atoms with Gasteiger partial charge in [-0.3, -0.25) is 0 Å². The Morgan fingerprint density at radius 1 is 1.19 bits per heavy atom. The van der Waals surface area contributed by atoms with Gasteiger partial charge < -0.3 is 14.2 Å². The van der Waals surface area contributed by atoms with Crippen LogP contribution in [0.3, 0.4) is 0 Å². The zero-order valence-corrected chi connectivity index (χ0v) is 13.0. The van der Waals surface area contributed by atoms with Gasteiger partial charge in [0.15, 0.2) is 0 Å². The molecule has 1 fully saturated rings. The van der Waals surface area contributed by atoms with Crippen molar-refractivity contribution in [1.29, 1.82) is 0 Å². The van der Waals surface area contributed by atoms with Gasteiger partial charge in [-0.15, -0.1) is 0 Å². The average molecular weight is 298 g/mol. The molecule has 0 bridgehead atoms. The summed E-state index contributed by atoms with van der Waals surface area (Å²) in [6.07, 6.45) is 5.42. The van der Waals surface area contributed by atoms with Gasteiger partial charge in [-0.05, 0) is 18.2 Å². The fourth-order valence-corrected chi connectivity index (χ4v) is 1.95. The Hall–Kier alpha value is -1.78. The molecule has 2 aliphatic rings. The van der Waals surface area contributed by atoms with Crippen molar-refractivity contribution in [3.63, 3.8) is 0 Å². The molecule has 0 aromatic heterocycles. The molecule has 1 saturated carbocycles. The molecule has 0 aromatic carbocycles. The number of alkyl halides is 1. The highest BCUT2D eigenvalue weighted by Crippen LogP contribution is 2.30. The van der Waals surface area contributed by atoms with Crippen LogP contribution in [0, 0.1) is 0 Å². The maximum atomic E-state index is 12.7. The second-order valence-electron chi connectivity index (χ2n) is 4.55. The molecule has 118 valence electrons. The van der Waals surface area contributed by atoms with Crippen LogP contribution in [0.25, 0.3) is 0 Å². The van der Waals surface area contributed by atoms with Crippen LogP contribution < -0.4 is 0 Å². The summed E-state index contributed by atoms with van der Waals surface area (Å²) in [6.45, 7) is 4.00. The van der Waals surface area contributed by atoms with Crippen molar-refractivity contribution in [2.24, 2.45) is 0 Å². The summed E-state index contributed by atoms with van der Waals surface area (Å²) in [7, 11) is 2.86. The van der Waals surface area contributed by atoms with Crippen molar-refractivity contribution in [2.75, 3.05) is 14.2 Å². The van der Waals surface area contributed by atoms with E-state index < -0.39 is 12.1 Å². The maximum Gasteiger partial charge on any atom is 0.337 e. The third-order valence-corrected chi connectivity index (χ3v) is 3.15. The van der Waals surface area contributed by atoms with Crippen LogP contribution in [0.1, 0.15) is 33.1 Å². The van der Waals surface area contributed by atoms with E-state index in [0.29, 0.717) is 36.4 Å². The molecule has 0 radical (unpaired) electrons. The molecule has 2 aliphatic carbocycles. The van der Waals surface area contributed by atoms with Gasteiger partial charge in [0.25, 0.3) is 0 Å². The van der Waals surface area contributed by atoms with Crippen LogP contribution in [0.15, 0.2) is 35.3 Å². The zero-order chi connectivity index (χ0) is 15.8. The van der Waals surface area contributed by atoms with Gasteiger partial charge in [-0.2, -0.15) is 0 Å².